The van der Waals surface area contributed by atoms with Gasteiger partial charge in [-0.2, -0.15) is 5.10 Å². The number of hydrogen-bond acceptors (Lipinski definition) is 5. The molecule has 0 saturated carbocycles. The standard InChI is InChI=1S/C23H27N3O3/c1-26-17-19(16-24-11-5-12-27-20-7-3-2-4-8-20)23(25-26)18-9-10-21-22(15-18)29-14-6-13-28-21/h2-4,7-10,15,17,24H,5-6,11-14,16H2,1H3. The summed E-state index contributed by atoms with van der Waals surface area (Å²) >= 11 is 0. The van der Waals surface area contributed by atoms with Gasteiger partial charge in [-0.15, -0.1) is 0 Å². The first-order valence-corrected chi connectivity index (χ1v) is 10.1. The van der Waals surface area contributed by atoms with E-state index < -0.39 is 0 Å². The topological polar surface area (TPSA) is 57.5 Å². The Morgan fingerprint density at radius 1 is 1.07 bits per heavy atom. The molecule has 2 aromatic carbocycles. The maximum atomic E-state index is 5.83. The van der Waals surface area contributed by atoms with Gasteiger partial charge in [0.25, 0.3) is 0 Å². The summed E-state index contributed by atoms with van der Waals surface area (Å²) in [4.78, 5) is 0. The molecule has 2 heterocycles. The lowest BCUT2D eigenvalue weighted by molar-refractivity contribution is 0.297. The third-order valence-corrected chi connectivity index (χ3v) is 4.75. The average Bonchev–Trinajstić information content (AvgIpc) is 2.96. The van der Waals surface area contributed by atoms with Gasteiger partial charge in [-0.3, -0.25) is 4.68 Å². The van der Waals surface area contributed by atoms with Gasteiger partial charge >= 0.3 is 0 Å². The summed E-state index contributed by atoms with van der Waals surface area (Å²) in [5.74, 6) is 2.51. The Balaban J connectivity index is 1.33. The largest absolute Gasteiger partial charge is 0.494 e. The molecule has 1 N–H and O–H groups in total. The Bertz CT molecular complexity index is 924. The number of aryl methyl sites for hydroxylation is 1. The predicted molar refractivity (Wildman–Crippen MR) is 113 cm³/mol. The fourth-order valence-electron chi connectivity index (χ4n) is 3.35. The van der Waals surface area contributed by atoms with E-state index in [-0.39, 0.29) is 0 Å². The maximum absolute atomic E-state index is 5.83. The minimum atomic E-state index is 0.679. The van der Waals surface area contributed by atoms with Crippen LogP contribution in [0.4, 0.5) is 0 Å². The van der Waals surface area contributed by atoms with Crippen molar-refractivity contribution in [3.63, 3.8) is 0 Å². The second kappa shape index (κ2) is 9.47. The second-order valence-corrected chi connectivity index (χ2v) is 7.08. The van der Waals surface area contributed by atoms with Crippen LogP contribution in [0.5, 0.6) is 17.2 Å². The van der Waals surface area contributed by atoms with Crippen LogP contribution < -0.4 is 19.5 Å². The quantitative estimate of drug-likeness (QED) is 0.590. The Morgan fingerprint density at radius 3 is 2.76 bits per heavy atom. The van der Waals surface area contributed by atoms with E-state index in [2.05, 4.69) is 16.6 Å². The number of fused-ring (bicyclic) bond motifs is 1. The number of para-hydroxylation sites is 1. The summed E-state index contributed by atoms with van der Waals surface area (Å²) in [6.45, 7) is 3.70. The van der Waals surface area contributed by atoms with Gasteiger partial charge in [0.05, 0.1) is 25.5 Å². The van der Waals surface area contributed by atoms with Crippen molar-refractivity contribution in [1.82, 2.24) is 15.1 Å². The van der Waals surface area contributed by atoms with Crippen molar-refractivity contribution in [2.24, 2.45) is 7.05 Å². The van der Waals surface area contributed by atoms with E-state index in [1.807, 2.05) is 60.3 Å². The Morgan fingerprint density at radius 2 is 1.90 bits per heavy atom. The van der Waals surface area contributed by atoms with Crippen molar-refractivity contribution < 1.29 is 14.2 Å². The van der Waals surface area contributed by atoms with Gasteiger partial charge in [0, 0.05) is 37.3 Å². The first-order valence-electron chi connectivity index (χ1n) is 10.1. The minimum Gasteiger partial charge on any atom is -0.494 e. The minimum absolute atomic E-state index is 0.679. The molecule has 6 nitrogen and oxygen atoms in total. The molecule has 0 bridgehead atoms. The molecule has 152 valence electrons. The van der Waals surface area contributed by atoms with Gasteiger partial charge in [0.15, 0.2) is 11.5 Å². The average molecular weight is 393 g/mol. The zero-order valence-corrected chi connectivity index (χ0v) is 16.8. The molecule has 4 rings (SSSR count). The van der Waals surface area contributed by atoms with Gasteiger partial charge in [-0.25, -0.2) is 0 Å². The molecular weight excluding hydrogens is 366 g/mol. The molecule has 3 aromatic rings. The lowest BCUT2D eigenvalue weighted by Crippen LogP contribution is -2.17. The van der Waals surface area contributed by atoms with Gasteiger partial charge in [-0.05, 0) is 43.3 Å². The van der Waals surface area contributed by atoms with Crippen LogP contribution in [0, 0.1) is 0 Å². The molecule has 0 atom stereocenters. The number of benzene rings is 2. The molecule has 1 aliphatic heterocycles. The zero-order valence-electron chi connectivity index (χ0n) is 16.8. The number of ether oxygens (including phenoxy) is 3. The van der Waals surface area contributed by atoms with Crippen molar-refractivity contribution in [3.8, 4) is 28.5 Å². The highest BCUT2D eigenvalue weighted by Crippen LogP contribution is 2.34. The highest BCUT2D eigenvalue weighted by atomic mass is 16.5. The summed E-state index contributed by atoms with van der Waals surface area (Å²) in [5, 5.41) is 8.16. The number of hydrogen-bond donors (Lipinski definition) is 1. The lowest BCUT2D eigenvalue weighted by atomic mass is 10.1. The molecule has 0 aliphatic carbocycles. The number of nitrogens with zero attached hydrogens (tertiary/aromatic N) is 2. The molecule has 0 unspecified atom stereocenters. The Hall–Kier alpha value is -2.99. The maximum Gasteiger partial charge on any atom is 0.161 e. The number of aromatic nitrogens is 2. The van der Waals surface area contributed by atoms with Crippen LogP contribution in [0.1, 0.15) is 18.4 Å². The molecule has 1 aromatic heterocycles. The molecule has 29 heavy (non-hydrogen) atoms. The lowest BCUT2D eigenvalue weighted by Gasteiger charge is -2.10. The second-order valence-electron chi connectivity index (χ2n) is 7.08. The molecular formula is C23H27N3O3. The molecule has 1 aliphatic rings. The van der Waals surface area contributed by atoms with Gasteiger partial charge in [0.1, 0.15) is 5.75 Å². The first kappa shape index (κ1) is 19.3. The predicted octanol–water partition coefficient (Wildman–Crippen LogP) is 3.81. The van der Waals surface area contributed by atoms with Gasteiger partial charge in [0.2, 0.25) is 0 Å². The first-order chi connectivity index (χ1) is 14.3. The number of rotatable bonds is 8. The van der Waals surface area contributed by atoms with E-state index >= 15 is 0 Å². The fourth-order valence-corrected chi connectivity index (χ4v) is 3.35. The monoisotopic (exact) mass is 393 g/mol. The molecule has 6 heteroatoms. The van der Waals surface area contributed by atoms with Crippen molar-refractivity contribution in [3.05, 3.63) is 60.3 Å². The van der Waals surface area contributed by atoms with E-state index in [0.29, 0.717) is 19.8 Å². The third kappa shape index (κ3) is 5.09. The van der Waals surface area contributed by atoms with E-state index in [1.54, 1.807) is 0 Å². The van der Waals surface area contributed by atoms with Crippen LogP contribution in [0.15, 0.2) is 54.7 Å². The zero-order chi connectivity index (χ0) is 19.9. The van der Waals surface area contributed by atoms with E-state index in [9.17, 15) is 0 Å². The van der Waals surface area contributed by atoms with Crippen molar-refractivity contribution in [2.75, 3.05) is 26.4 Å². The number of nitrogens with one attached hydrogen (secondary N) is 1. The summed E-state index contributed by atoms with van der Waals surface area (Å²) < 4.78 is 19.2. The summed E-state index contributed by atoms with van der Waals surface area (Å²) in [6, 6.07) is 16.0. The Kier molecular flexibility index (Phi) is 6.32. The normalized spacial score (nSPS) is 13.1. The highest BCUT2D eigenvalue weighted by molar-refractivity contribution is 5.66. The Labute approximate surface area is 171 Å². The fraction of sp³-hybridized carbons (Fsp3) is 0.348. The van der Waals surface area contributed by atoms with Crippen LogP contribution in [-0.4, -0.2) is 36.1 Å². The van der Waals surface area contributed by atoms with Crippen LogP contribution in [0.25, 0.3) is 11.3 Å². The molecule has 0 fully saturated rings. The van der Waals surface area contributed by atoms with Crippen molar-refractivity contribution in [2.45, 2.75) is 19.4 Å². The van der Waals surface area contributed by atoms with E-state index in [0.717, 1.165) is 60.0 Å². The third-order valence-electron chi connectivity index (χ3n) is 4.75. The molecule has 0 radical (unpaired) electrons. The molecule has 0 saturated heterocycles. The van der Waals surface area contributed by atoms with Crippen molar-refractivity contribution in [1.29, 1.82) is 0 Å². The van der Waals surface area contributed by atoms with Crippen LogP contribution in [0.3, 0.4) is 0 Å². The van der Waals surface area contributed by atoms with Gasteiger partial charge in [-0.1, -0.05) is 18.2 Å². The summed E-state index contributed by atoms with van der Waals surface area (Å²) in [6.07, 6.45) is 3.90. The van der Waals surface area contributed by atoms with Crippen LogP contribution in [-0.2, 0) is 13.6 Å². The highest BCUT2D eigenvalue weighted by Gasteiger charge is 2.15. The molecule has 0 amide bonds. The molecule has 0 spiro atoms. The summed E-state index contributed by atoms with van der Waals surface area (Å²) in [7, 11) is 1.95. The van der Waals surface area contributed by atoms with Gasteiger partial charge < -0.3 is 19.5 Å². The van der Waals surface area contributed by atoms with Crippen molar-refractivity contribution >= 4 is 0 Å². The summed E-state index contributed by atoms with van der Waals surface area (Å²) in [5.41, 5.74) is 3.17. The van der Waals surface area contributed by atoms with E-state index in [4.69, 9.17) is 14.2 Å². The van der Waals surface area contributed by atoms with Crippen LogP contribution in [0.2, 0.25) is 0 Å². The smallest absolute Gasteiger partial charge is 0.161 e. The van der Waals surface area contributed by atoms with Crippen LogP contribution >= 0.6 is 0 Å². The SMILES string of the molecule is Cn1cc(CNCCCOc2ccccc2)c(-c2ccc3c(c2)OCCCO3)n1. The van der Waals surface area contributed by atoms with E-state index in [1.165, 1.54) is 0 Å².